The van der Waals surface area contributed by atoms with E-state index < -0.39 is 0 Å². The van der Waals surface area contributed by atoms with E-state index in [1.807, 2.05) is 28.8 Å². The average molecular weight is 377 g/mol. The molecule has 25 heavy (non-hydrogen) atoms. The number of hydrogen-bond donors (Lipinski definition) is 0. The first-order chi connectivity index (χ1) is 12.2. The van der Waals surface area contributed by atoms with Gasteiger partial charge in [-0.2, -0.15) is 4.99 Å². The lowest BCUT2D eigenvalue weighted by Crippen LogP contribution is -2.21. The molecule has 1 amide bonds. The van der Waals surface area contributed by atoms with E-state index in [4.69, 9.17) is 21.1 Å². The first kappa shape index (κ1) is 17.7. The van der Waals surface area contributed by atoms with E-state index in [1.54, 1.807) is 31.4 Å². The number of rotatable bonds is 6. The Labute approximate surface area is 154 Å². The van der Waals surface area contributed by atoms with E-state index in [9.17, 15) is 4.79 Å². The van der Waals surface area contributed by atoms with Crippen molar-refractivity contribution in [3.63, 3.8) is 0 Å². The number of amides is 1. The Bertz CT molecular complexity index is 931. The van der Waals surface area contributed by atoms with Crippen LogP contribution in [0.3, 0.4) is 0 Å². The van der Waals surface area contributed by atoms with Crippen molar-refractivity contribution in [2.45, 2.75) is 6.54 Å². The monoisotopic (exact) mass is 376 g/mol. The predicted molar refractivity (Wildman–Crippen MR) is 99.2 cm³/mol. The predicted octanol–water partition coefficient (Wildman–Crippen LogP) is 3.51. The second kappa shape index (κ2) is 8.29. The third-order valence-electron chi connectivity index (χ3n) is 3.50. The van der Waals surface area contributed by atoms with Crippen molar-refractivity contribution >= 4 is 39.1 Å². The van der Waals surface area contributed by atoms with Gasteiger partial charge in [0.05, 0.1) is 16.8 Å². The molecule has 0 saturated carbocycles. The Morgan fingerprint density at radius 3 is 2.72 bits per heavy atom. The molecule has 3 rings (SSSR count). The number of carbonyl (C=O) groups excluding carboxylic acids is 1. The molecule has 2 aromatic carbocycles. The Hall–Kier alpha value is -2.15. The van der Waals surface area contributed by atoms with Gasteiger partial charge in [-0.1, -0.05) is 35.1 Å². The molecule has 130 valence electrons. The van der Waals surface area contributed by atoms with Crippen molar-refractivity contribution in [1.82, 2.24) is 4.57 Å². The first-order valence-electron chi connectivity index (χ1n) is 7.70. The van der Waals surface area contributed by atoms with Crippen LogP contribution in [0.2, 0.25) is 5.02 Å². The molecule has 5 nitrogen and oxygen atoms in total. The van der Waals surface area contributed by atoms with Gasteiger partial charge in [0.2, 0.25) is 0 Å². The molecule has 0 saturated heterocycles. The molecule has 0 radical (unpaired) electrons. The van der Waals surface area contributed by atoms with Gasteiger partial charge in [-0.05, 0) is 36.4 Å². The van der Waals surface area contributed by atoms with Gasteiger partial charge < -0.3 is 14.0 Å². The molecule has 0 N–H and O–H groups in total. The van der Waals surface area contributed by atoms with Gasteiger partial charge in [-0.15, -0.1) is 0 Å². The molecule has 0 aliphatic carbocycles. The third-order valence-corrected chi connectivity index (χ3v) is 4.81. The molecule has 0 spiro atoms. The summed E-state index contributed by atoms with van der Waals surface area (Å²) in [7, 11) is 1.65. The van der Waals surface area contributed by atoms with Crippen LogP contribution in [0, 0.1) is 0 Å². The van der Waals surface area contributed by atoms with Crippen LogP contribution in [0.25, 0.3) is 10.2 Å². The second-order valence-corrected chi connectivity index (χ2v) is 6.69. The lowest BCUT2D eigenvalue weighted by Gasteiger charge is -2.05. The number of nitrogens with zero attached hydrogens (tertiary/aromatic N) is 2. The van der Waals surface area contributed by atoms with Gasteiger partial charge in [-0.25, -0.2) is 0 Å². The third kappa shape index (κ3) is 4.48. The van der Waals surface area contributed by atoms with Crippen LogP contribution >= 0.6 is 22.9 Å². The molecule has 0 bridgehead atoms. The summed E-state index contributed by atoms with van der Waals surface area (Å²) < 4.78 is 13.7. The highest BCUT2D eigenvalue weighted by Gasteiger charge is 2.08. The number of halogens is 1. The molecule has 0 aliphatic heterocycles. The molecule has 1 aromatic heterocycles. The second-order valence-electron chi connectivity index (χ2n) is 5.24. The van der Waals surface area contributed by atoms with Gasteiger partial charge in [-0.3, -0.25) is 4.79 Å². The molecular formula is C18H17ClN2O3S. The number of hydrogen-bond acceptors (Lipinski definition) is 4. The van der Waals surface area contributed by atoms with Gasteiger partial charge in [0.15, 0.2) is 11.4 Å². The van der Waals surface area contributed by atoms with Crippen LogP contribution in [-0.4, -0.2) is 30.8 Å². The summed E-state index contributed by atoms with van der Waals surface area (Å²) in [6.07, 6.45) is 0. The van der Waals surface area contributed by atoms with Crippen LogP contribution in [0.1, 0.15) is 0 Å². The number of methoxy groups -OCH3 is 1. The van der Waals surface area contributed by atoms with Crippen molar-refractivity contribution in [3.05, 3.63) is 58.4 Å². The fraction of sp³-hybridized carbons (Fsp3) is 0.222. The van der Waals surface area contributed by atoms with Crippen LogP contribution in [-0.2, 0) is 16.1 Å². The Balaban J connectivity index is 1.81. The summed E-state index contributed by atoms with van der Waals surface area (Å²) in [6, 6.07) is 14.8. The number of fused-ring (bicyclic) bond motifs is 1. The van der Waals surface area contributed by atoms with Gasteiger partial charge in [0.25, 0.3) is 5.91 Å². The maximum absolute atomic E-state index is 12.2. The normalized spacial score (nSPS) is 11.8. The maximum atomic E-state index is 12.2. The van der Waals surface area contributed by atoms with Crippen molar-refractivity contribution in [2.24, 2.45) is 4.99 Å². The average Bonchev–Trinajstić information content (AvgIpc) is 2.96. The van der Waals surface area contributed by atoms with Crippen LogP contribution in [0.15, 0.2) is 53.5 Å². The highest BCUT2D eigenvalue weighted by molar-refractivity contribution is 7.16. The van der Waals surface area contributed by atoms with Gasteiger partial charge in [0.1, 0.15) is 5.75 Å². The number of ether oxygens (including phenoxy) is 2. The maximum Gasteiger partial charge on any atom is 0.286 e. The largest absolute Gasteiger partial charge is 0.484 e. The number of aromatic nitrogens is 1. The smallest absolute Gasteiger partial charge is 0.286 e. The number of thiazole rings is 1. The molecule has 0 unspecified atom stereocenters. The van der Waals surface area contributed by atoms with E-state index in [0.29, 0.717) is 28.7 Å². The molecule has 3 aromatic rings. The standard InChI is InChI=1S/C18H17ClN2O3S/c1-23-11-10-21-15-4-2-3-5-16(15)25-18(21)20-17(22)12-24-14-8-6-13(19)7-9-14/h2-9H,10-12H2,1H3. The van der Waals surface area contributed by atoms with Gasteiger partial charge in [0, 0.05) is 18.7 Å². The SMILES string of the molecule is COCCn1c(=NC(=O)COc2ccc(Cl)cc2)sc2ccccc21. The number of para-hydroxylation sites is 1. The highest BCUT2D eigenvalue weighted by Crippen LogP contribution is 2.17. The van der Waals surface area contributed by atoms with E-state index in [0.717, 1.165) is 10.2 Å². The summed E-state index contributed by atoms with van der Waals surface area (Å²) in [6.45, 7) is 1.05. The van der Waals surface area contributed by atoms with E-state index in [2.05, 4.69) is 4.99 Å². The molecule has 0 fully saturated rings. The lowest BCUT2D eigenvalue weighted by molar-refractivity contribution is -0.120. The van der Waals surface area contributed by atoms with Gasteiger partial charge >= 0.3 is 0 Å². The van der Waals surface area contributed by atoms with E-state index in [1.165, 1.54) is 11.3 Å². The van der Waals surface area contributed by atoms with Crippen LogP contribution < -0.4 is 9.54 Å². The van der Waals surface area contributed by atoms with Crippen molar-refractivity contribution in [3.8, 4) is 5.75 Å². The van der Waals surface area contributed by atoms with E-state index in [-0.39, 0.29) is 12.5 Å². The van der Waals surface area contributed by atoms with Crippen molar-refractivity contribution in [2.75, 3.05) is 20.3 Å². The summed E-state index contributed by atoms with van der Waals surface area (Å²) in [5.74, 6) is 0.240. The minimum Gasteiger partial charge on any atom is -0.484 e. The quantitative estimate of drug-likeness (QED) is 0.661. The first-order valence-corrected chi connectivity index (χ1v) is 8.90. The summed E-state index contributed by atoms with van der Waals surface area (Å²) >= 11 is 7.30. The Morgan fingerprint density at radius 1 is 1.20 bits per heavy atom. The Kier molecular flexibility index (Phi) is 5.86. The highest BCUT2D eigenvalue weighted by atomic mass is 35.5. The van der Waals surface area contributed by atoms with Crippen LogP contribution in [0.4, 0.5) is 0 Å². The molecule has 7 heteroatoms. The fourth-order valence-corrected chi connectivity index (χ4v) is 3.52. The molecule has 0 aliphatic rings. The minimum atomic E-state index is -0.340. The van der Waals surface area contributed by atoms with E-state index >= 15 is 0 Å². The Morgan fingerprint density at radius 2 is 1.96 bits per heavy atom. The minimum absolute atomic E-state index is 0.125. The van der Waals surface area contributed by atoms with Crippen molar-refractivity contribution < 1.29 is 14.3 Å². The number of carbonyl (C=O) groups is 1. The number of benzene rings is 2. The zero-order valence-electron chi connectivity index (χ0n) is 13.6. The molecule has 1 heterocycles. The summed E-state index contributed by atoms with van der Waals surface area (Å²) in [5.41, 5.74) is 1.04. The summed E-state index contributed by atoms with van der Waals surface area (Å²) in [5, 5.41) is 0.618. The molecule has 0 atom stereocenters. The zero-order chi connectivity index (χ0) is 17.6. The molecular weight excluding hydrogens is 360 g/mol. The lowest BCUT2D eigenvalue weighted by atomic mass is 10.3. The van der Waals surface area contributed by atoms with Crippen molar-refractivity contribution in [1.29, 1.82) is 0 Å². The zero-order valence-corrected chi connectivity index (χ0v) is 15.2. The van der Waals surface area contributed by atoms with Crippen LogP contribution in [0.5, 0.6) is 5.75 Å². The summed E-state index contributed by atoms with van der Waals surface area (Å²) in [4.78, 5) is 17.1. The fourth-order valence-electron chi connectivity index (χ4n) is 2.32. The topological polar surface area (TPSA) is 52.8 Å².